The fourth-order valence-electron chi connectivity index (χ4n) is 2.24. The topological polar surface area (TPSA) is 101 Å². The summed E-state index contributed by atoms with van der Waals surface area (Å²) in [7, 11) is 0. The first kappa shape index (κ1) is 17.0. The highest BCUT2D eigenvalue weighted by molar-refractivity contribution is 6.30. The molecule has 0 bridgehead atoms. The molecule has 7 heteroatoms. The second-order valence-corrected chi connectivity index (χ2v) is 5.92. The van der Waals surface area contributed by atoms with E-state index in [0.717, 1.165) is 18.5 Å². The molecule has 0 spiro atoms. The number of benzene rings is 1. The lowest BCUT2D eigenvalue weighted by atomic mass is 9.91. The molecule has 2 rings (SSSR count). The number of hydrogen-bond acceptors (Lipinski definition) is 3. The summed E-state index contributed by atoms with van der Waals surface area (Å²) in [6, 6.07) is 8.32. The van der Waals surface area contributed by atoms with Crippen molar-refractivity contribution >= 4 is 23.4 Å². The van der Waals surface area contributed by atoms with Gasteiger partial charge >= 0.3 is 0 Å². The van der Waals surface area contributed by atoms with Crippen LogP contribution in [0.15, 0.2) is 30.3 Å². The molecule has 0 radical (unpaired) electrons. The van der Waals surface area contributed by atoms with Gasteiger partial charge in [0.2, 0.25) is 5.91 Å². The maximum Gasteiger partial charge on any atom is 0.272 e. The van der Waals surface area contributed by atoms with Crippen LogP contribution < -0.4 is 11.1 Å². The second kappa shape index (κ2) is 6.83. The number of nitrogens with one attached hydrogen (secondary N) is 2. The van der Waals surface area contributed by atoms with E-state index in [4.69, 9.17) is 17.3 Å². The Kier molecular flexibility index (Phi) is 5.05. The first-order valence-corrected chi connectivity index (χ1v) is 7.67. The molecule has 0 saturated heterocycles. The number of carbonyl (C=O) groups is 2. The van der Waals surface area contributed by atoms with Gasteiger partial charge < -0.3 is 11.1 Å². The molecule has 6 nitrogen and oxygen atoms in total. The summed E-state index contributed by atoms with van der Waals surface area (Å²) in [5, 5.41) is 9.88. The second-order valence-electron chi connectivity index (χ2n) is 5.48. The van der Waals surface area contributed by atoms with Crippen LogP contribution in [-0.2, 0) is 16.8 Å². The Balaban J connectivity index is 2.28. The number of halogens is 1. The molecule has 2 aromatic rings. The summed E-state index contributed by atoms with van der Waals surface area (Å²) in [6.45, 7) is 3.57. The van der Waals surface area contributed by atoms with Gasteiger partial charge in [-0.1, -0.05) is 37.1 Å². The summed E-state index contributed by atoms with van der Waals surface area (Å²) in [5.74, 6) is -1.16. The summed E-state index contributed by atoms with van der Waals surface area (Å²) in [6.07, 6.45) is 1.73. The molecular weight excluding hydrogens is 316 g/mol. The van der Waals surface area contributed by atoms with Gasteiger partial charge in [-0.2, -0.15) is 5.10 Å². The Bertz CT molecular complexity index is 728. The first-order chi connectivity index (χ1) is 10.9. The van der Waals surface area contributed by atoms with Crippen LogP contribution >= 0.6 is 11.6 Å². The fraction of sp³-hybridized carbons (Fsp3) is 0.312. The number of carbonyl (C=O) groups excluding carboxylic acids is 2. The van der Waals surface area contributed by atoms with Crippen LogP contribution in [-0.4, -0.2) is 22.0 Å². The molecule has 23 heavy (non-hydrogen) atoms. The molecule has 0 saturated carbocycles. The summed E-state index contributed by atoms with van der Waals surface area (Å²) >= 11 is 5.97. The Morgan fingerprint density at radius 1 is 1.39 bits per heavy atom. The van der Waals surface area contributed by atoms with E-state index in [-0.39, 0.29) is 5.69 Å². The number of H-pyrrole nitrogens is 1. The molecular formula is C16H19ClN4O2. The zero-order chi connectivity index (χ0) is 17.0. The smallest absolute Gasteiger partial charge is 0.272 e. The zero-order valence-corrected chi connectivity index (χ0v) is 13.8. The molecule has 0 aliphatic heterocycles. The van der Waals surface area contributed by atoms with Crippen molar-refractivity contribution in [3.05, 3.63) is 52.3 Å². The average molecular weight is 335 g/mol. The van der Waals surface area contributed by atoms with E-state index in [1.54, 1.807) is 37.3 Å². The third-order valence-corrected chi connectivity index (χ3v) is 3.88. The highest BCUT2D eigenvalue weighted by Crippen LogP contribution is 2.24. The van der Waals surface area contributed by atoms with Crippen molar-refractivity contribution in [2.75, 3.05) is 0 Å². The van der Waals surface area contributed by atoms with Crippen molar-refractivity contribution in [1.29, 1.82) is 0 Å². The van der Waals surface area contributed by atoms with Crippen LogP contribution in [0.25, 0.3) is 0 Å². The Hall–Kier alpha value is -2.34. The van der Waals surface area contributed by atoms with Crippen LogP contribution in [0.4, 0.5) is 0 Å². The third-order valence-electron chi connectivity index (χ3n) is 3.64. The van der Waals surface area contributed by atoms with Crippen LogP contribution in [0.3, 0.4) is 0 Å². The number of aromatic amines is 1. The van der Waals surface area contributed by atoms with Gasteiger partial charge in [0.15, 0.2) is 0 Å². The number of amides is 2. The van der Waals surface area contributed by atoms with Gasteiger partial charge in [0, 0.05) is 10.7 Å². The van der Waals surface area contributed by atoms with Gasteiger partial charge in [-0.05, 0) is 37.1 Å². The Morgan fingerprint density at radius 3 is 2.74 bits per heavy atom. The molecule has 1 unspecified atom stereocenters. The van der Waals surface area contributed by atoms with Gasteiger partial charge in [0.05, 0.1) is 0 Å². The number of nitrogens with two attached hydrogens (primary N) is 1. The van der Waals surface area contributed by atoms with Crippen LogP contribution in [0, 0.1) is 0 Å². The van der Waals surface area contributed by atoms with Crippen molar-refractivity contribution in [3.8, 4) is 0 Å². The third kappa shape index (κ3) is 3.71. The minimum Gasteiger partial charge on any atom is -0.367 e. The van der Waals surface area contributed by atoms with Crippen molar-refractivity contribution in [1.82, 2.24) is 15.5 Å². The lowest BCUT2D eigenvalue weighted by molar-refractivity contribution is -0.123. The van der Waals surface area contributed by atoms with Gasteiger partial charge in [-0.25, -0.2) is 0 Å². The average Bonchev–Trinajstić information content (AvgIpc) is 2.96. The minimum atomic E-state index is -1.38. The first-order valence-electron chi connectivity index (χ1n) is 7.29. The zero-order valence-electron chi connectivity index (χ0n) is 13.0. The van der Waals surface area contributed by atoms with E-state index in [1.807, 2.05) is 6.92 Å². The van der Waals surface area contributed by atoms with Crippen molar-refractivity contribution < 1.29 is 9.59 Å². The summed E-state index contributed by atoms with van der Waals surface area (Å²) in [4.78, 5) is 24.3. The van der Waals surface area contributed by atoms with E-state index in [2.05, 4.69) is 15.5 Å². The predicted molar refractivity (Wildman–Crippen MR) is 88.0 cm³/mol. The molecule has 0 aliphatic carbocycles. The highest BCUT2D eigenvalue weighted by atomic mass is 35.5. The lowest BCUT2D eigenvalue weighted by Gasteiger charge is -2.27. The normalized spacial score (nSPS) is 13.3. The van der Waals surface area contributed by atoms with E-state index < -0.39 is 17.4 Å². The molecule has 1 aromatic heterocycles. The minimum absolute atomic E-state index is 0.211. The lowest BCUT2D eigenvalue weighted by Crippen LogP contribution is -2.52. The number of nitrogens with zero attached hydrogens (tertiary/aromatic N) is 1. The standard InChI is InChI=1S/C16H19ClN4O2/c1-3-5-12-9-13(21-20-12)14(22)19-16(2,15(18)23)10-6-4-7-11(17)8-10/h4,6-9H,3,5H2,1-2H3,(H2,18,23)(H,19,22)(H,20,21). The SMILES string of the molecule is CCCc1cc(C(=O)NC(C)(C(N)=O)c2cccc(Cl)c2)n[nH]1. The molecule has 122 valence electrons. The molecule has 4 N–H and O–H groups in total. The Labute approximate surface area is 139 Å². The number of primary amides is 1. The largest absolute Gasteiger partial charge is 0.367 e. The summed E-state index contributed by atoms with van der Waals surface area (Å²) in [5.41, 5.74) is 5.71. The molecule has 2 amide bonds. The quantitative estimate of drug-likeness (QED) is 0.754. The number of rotatable bonds is 6. The van der Waals surface area contributed by atoms with Gasteiger partial charge in [0.25, 0.3) is 5.91 Å². The van der Waals surface area contributed by atoms with Gasteiger partial charge in [-0.15, -0.1) is 0 Å². The molecule has 1 aromatic carbocycles. The van der Waals surface area contributed by atoms with E-state index in [1.165, 1.54) is 0 Å². The highest BCUT2D eigenvalue weighted by Gasteiger charge is 2.36. The maximum absolute atomic E-state index is 12.4. The Morgan fingerprint density at radius 2 is 2.13 bits per heavy atom. The predicted octanol–water partition coefficient (Wildman–Crippen LogP) is 2.15. The van der Waals surface area contributed by atoms with Crippen molar-refractivity contribution in [2.24, 2.45) is 5.73 Å². The molecule has 0 aliphatic rings. The molecule has 1 atom stereocenters. The number of aromatic nitrogens is 2. The van der Waals surface area contributed by atoms with Crippen LogP contribution in [0.1, 0.15) is 42.0 Å². The number of hydrogen-bond donors (Lipinski definition) is 3. The van der Waals surface area contributed by atoms with Gasteiger partial charge in [0.1, 0.15) is 11.2 Å². The monoisotopic (exact) mass is 334 g/mol. The maximum atomic E-state index is 12.4. The fourth-order valence-corrected chi connectivity index (χ4v) is 2.43. The van der Waals surface area contributed by atoms with E-state index in [9.17, 15) is 9.59 Å². The summed E-state index contributed by atoms with van der Waals surface area (Å²) < 4.78 is 0. The number of aryl methyl sites for hydroxylation is 1. The van der Waals surface area contributed by atoms with Crippen molar-refractivity contribution in [2.45, 2.75) is 32.2 Å². The van der Waals surface area contributed by atoms with E-state index >= 15 is 0 Å². The van der Waals surface area contributed by atoms with Crippen LogP contribution in [0.2, 0.25) is 5.02 Å². The van der Waals surface area contributed by atoms with Crippen molar-refractivity contribution in [3.63, 3.8) is 0 Å². The molecule has 1 heterocycles. The van der Waals surface area contributed by atoms with E-state index in [0.29, 0.717) is 10.6 Å². The van der Waals surface area contributed by atoms with Crippen LogP contribution in [0.5, 0.6) is 0 Å². The van der Waals surface area contributed by atoms with Gasteiger partial charge in [-0.3, -0.25) is 14.7 Å². The molecule has 0 fully saturated rings.